The molecule has 1 N–H and O–H groups in total. The second-order valence-electron chi connectivity index (χ2n) is 5.84. The van der Waals surface area contributed by atoms with Crippen molar-refractivity contribution in [2.75, 3.05) is 19.8 Å². The lowest BCUT2D eigenvalue weighted by molar-refractivity contribution is 0.0536. The average molecular weight is 284 g/mol. The van der Waals surface area contributed by atoms with Crippen molar-refractivity contribution < 1.29 is 4.74 Å². The van der Waals surface area contributed by atoms with Gasteiger partial charge in [0.1, 0.15) is 0 Å². The van der Waals surface area contributed by atoms with Gasteiger partial charge in [0, 0.05) is 30.8 Å². The van der Waals surface area contributed by atoms with Crippen molar-refractivity contribution in [3.05, 3.63) is 42.1 Å². The molecule has 1 unspecified atom stereocenters. The van der Waals surface area contributed by atoms with Crippen molar-refractivity contribution in [3.8, 4) is 0 Å². The summed E-state index contributed by atoms with van der Waals surface area (Å²) in [6.45, 7) is 5.04. The van der Waals surface area contributed by atoms with Crippen LogP contribution in [0.1, 0.15) is 37.8 Å². The summed E-state index contributed by atoms with van der Waals surface area (Å²) in [6.07, 6.45) is 5.47. The second-order valence-corrected chi connectivity index (χ2v) is 5.84. The largest absolute Gasteiger partial charge is 0.381 e. The molecular weight excluding hydrogens is 260 g/mol. The highest BCUT2D eigenvalue weighted by Gasteiger charge is 2.25. The smallest absolute Gasteiger partial charge is 0.0702 e. The maximum absolute atomic E-state index is 5.52. The Morgan fingerprint density at radius 3 is 2.90 bits per heavy atom. The summed E-state index contributed by atoms with van der Waals surface area (Å²) >= 11 is 0. The highest BCUT2D eigenvalue weighted by Crippen LogP contribution is 2.31. The topological polar surface area (TPSA) is 34.2 Å². The SMILES string of the molecule is CCCNC(c1cnc2ccccc2c1)C1CCOCC1. The third-order valence-electron chi connectivity index (χ3n) is 4.32. The molecule has 21 heavy (non-hydrogen) atoms. The maximum Gasteiger partial charge on any atom is 0.0702 e. The molecule has 2 heterocycles. The van der Waals surface area contributed by atoms with E-state index >= 15 is 0 Å². The average Bonchev–Trinajstić information content (AvgIpc) is 2.56. The minimum atomic E-state index is 0.394. The molecule has 112 valence electrons. The zero-order chi connectivity index (χ0) is 14.5. The molecule has 2 aromatic rings. The Morgan fingerprint density at radius 1 is 1.29 bits per heavy atom. The molecule has 0 amide bonds. The Kier molecular flexibility index (Phi) is 4.84. The number of nitrogens with one attached hydrogen (secondary N) is 1. The molecular formula is C18H24N2O. The molecule has 1 aromatic carbocycles. The van der Waals surface area contributed by atoms with Crippen molar-refractivity contribution >= 4 is 10.9 Å². The van der Waals surface area contributed by atoms with Gasteiger partial charge in [-0.1, -0.05) is 25.1 Å². The Morgan fingerprint density at radius 2 is 2.10 bits per heavy atom. The molecule has 0 spiro atoms. The van der Waals surface area contributed by atoms with Crippen LogP contribution in [0.4, 0.5) is 0 Å². The number of hydrogen-bond donors (Lipinski definition) is 1. The Balaban J connectivity index is 1.88. The summed E-state index contributed by atoms with van der Waals surface area (Å²) in [5, 5.41) is 4.95. The first kappa shape index (κ1) is 14.5. The van der Waals surface area contributed by atoms with Crippen LogP contribution in [0.2, 0.25) is 0 Å². The van der Waals surface area contributed by atoms with Crippen LogP contribution < -0.4 is 5.32 Å². The molecule has 0 bridgehead atoms. The van der Waals surface area contributed by atoms with E-state index < -0.39 is 0 Å². The standard InChI is InChI=1S/C18H24N2O/c1-2-9-19-18(14-7-10-21-11-8-14)16-12-15-5-3-4-6-17(15)20-13-16/h3-6,12-14,18-19H,2,7-11H2,1H3. The lowest BCUT2D eigenvalue weighted by atomic mass is 9.87. The number of benzene rings is 1. The van der Waals surface area contributed by atoms with E-state index in [9.17, 15) is 0 Å². The van der Waals surface area contributed by atoms with Crippen molar-refractivity contribution in [1.82, 2.24) is 10.3 Å². The molecule has 3 heteroatoms. The van der Waals surface area contributed by atoms with E-state index in [1.54, 1.807) is 0 Å². The predicted octanol–water partition coefficient (Wildman–Crippen LogP) is 3.70. The van der Waals surface area contributed by atoms with Crippen LogP contribution >= 0.6 is 0 Å². The van der Waals surface area contributed by atoms with Crippen molar-refractivity contribution in [3.63, 3.8) is 0 Å². The Bertz CT molecular complexity index is 578. The fourth-order valence-corrected chi connectivity index (χ4v) is 3.16. The second kappa shape index (κ2) is 7.01. The minimum Gasteiger partial charge on any atom is -0.381 e. The van der Waals surface area contributed by atoms with E-state index in [0.717, 1.165) is 44.5 Å². The summed E-state index contributed by atoms with van der Waals surface area (Å²) in [5.74, 6) is 0.647. The van der Waals surface area contributed by atoms with Crippen LogP contribution in [0.15, 0.2) is 36.5 Å². The fourth-order valence-electron chi connectivity index (χ4n) is 3.16. The first-order valence-corrected chi connectivity index (χ1v) is 8.04. The molecule has 0 saturated carbocycles. The molecule has 0 aliphatic carbocycles. The molecule has 1 aliphatic rings. The predicted molar refractivity (Wildman–Crippen MR) is 86.3 cm³/mol. The number of aromatic nitrogens is 1. The number of hydrogen-bond acceptors (Lipinski definition) is 3. The Hall–Kier alpha value is -1.45. The van der Waals surface area contributed by atoms with E-state index in [1.807, 2.05) is 12.3 Å². The van der Waals surface area contributed by atoms with Gasteiger partial charge in [-0.15, -0.1) is 0 Å². The van der Waals surface area contributed by atoms with Crippen molar-refractivity contribution in [2.45, 2.75) is 32.2 Å². The van der Waals surface area contributed by atoms with Crippen molar-refractivity contribution in [2.24, 2.45) is 5.92 Å². The summed E-state index contributed by atoms with van der Waals surface area (Å²) < 4.78 is 5.52. The van der Waals surface area contributed by atoms with Crippen LogP contribution in [-0.4, -0.2) is 24.7 Å². The molecule has 1 atom stereocenters. The van der Waals surface area contributed by atoms with Crippen molar-refractivity contribution in [1.29, 1.82) is 0 Å². The Labute approximate surface area is 126 Å². The van der Waals surface area contributed by atoms with Gasteiger partial charge in [-0.3, -0.25) is 4.98 Å². The number of ether oxygens (including phenoxy) is 1. The third-order valence-corrected chi connectivity index (χ3v) is 4.32. The highest BCUT2D eigenvalue weighted by atomic mass is 16.5. The highest BCUT2D eigenvalue weighted by molar-refractivity contribution is 5.78. The van der Waals surface area contributed by atoms with Crippen LogP contribution in [0, 0.1) is 5.92 Å². The quantitative estimate of drug-likeness (QED) is 0.909. The normalized spacial score (nSPS) is 18.0. The fraction of sp³-hybridized carbons (Fsp3) is 0.500. The van der Waals surface area contributed by atoms with Gasteiger partial charge in [0.15, 0.2) is 0 Å². The zero-order valence-corrected chi connectivity index (χ0v) is 12.7. The molecule has 1 aromatic heterocycles. The number of fused-ring (bicyclic) bond motifs is 1. The van der Waals surface area contributed by atoms with Gasteiger partial charge >= 0.3 is 0 Å². The molecule has 0 radical (unpaired) electrons. The molecule has 3 rings (SSSR count). The van der Waals surface area contributed by atoms with E-state index in [1.165, 1.54) is 10.9 Å². The zero-order valence-electron chi connectivity index (χ0n) is 12.7. The number of para-hydroxylation sites is 1. The first-order chi connectivity index (χ1) is 10.4. The van der Waals surface area contributed by atoms with Gasteiger partial charge in [0.25, 0.3) is 0 Å². The maximum atomic E-state index is 5.52. The van der Waals surface area contributed by atoms with Gasteiger partial charge in [-0.25, -0.2) is 0 Å². The van der Waals surface area contributed by atoms with E-state index in [0.29, 0.717) is 12.0 Å². The number of rotatable bonds is 5. The molecule has 3 nitrogen and oxygen atoms in total. The lowest BCUT2D eigenvalue weighted by Gasteiger charge is -2.31. The molecule has 1 aliphatic heterocycles. The van der Waals surface area contributed by atoms with Crippen LogP contribution in [0.3, 0.4) is 0 Å². The van der Waals surface area contributed by atoms with Gasteiger partial charge in [-0.05, 0) is 49.4 Å². The van der Waals surface area contributed by atoms with E-state index in [4.69, 9.17) is 4.74 Å². The summed E-state index contributed by atoms with van der Waals surface area (Å²) in [4.78, 5) is 4.63. The van der Waals surface area contributed by atoms with Gasteiger partial charge in [-0.2, -0.15) is 0 Å². The number of nitrogens with zero attached hydrogens (tertiary/aromatic N) is 1. The monoisotopic (exact) mass is 284 g/mol. The summed E-state index contributed by atoms with van der Waals surface area (Å²) in [6, 6.07) is 11.0. The lowest BCUT2D eigenvalue weighted by Crippen LogP contribution is -2.32. The van der Waals surface area contributed by atoms with E-state index in [2.05, 4.69) is 41.5 Å². The van der Waals surface area contributed by atoms with E-state index in [-0.39, 0.29) is 0 Å². The summed E-state index contributed by atoms with van der Waals surface area (Å²) in [7, 11) is 0. The number of pyridine rings is 1. The van der Waals surface area contributed by atoms with Crippen LogP contribution in [0.5, 0.6) is 0 Å². The summed E-state index contributed by atoms with van der Waals surface area (Å²) in [5.41, 5.74) is 2.39. The molecule has 1 fully saturated rings. The van der Waals surface area contributed by atoms with Crippen LogP contribution in [0.25, 0.3) is 10.9 Å². The minimum absolute atomic E-state index is 0.394. The van der Waals surface area contributed by atoms with Gasteiger partial charge in [0.05, 0.1) is 5.52 Å². The first-order valence-electron chi connectivity index (χ1n) is 8.04. The van der Waals surface area contributed by atoms with Gasteiger partial charge in [0.2, 0.25) is 0 Å². The third kappa shape index (κ3) is 3.42. The van der Waals surface area contributed by atoms with Crippen LogP contribution in [-0.2, 0) is 4.74 Å². The van der Waals surface area contributed by atoms with Gasteiger partial charge < -0.3 is 10.1 Å². The molecule has 1 saturated heterocycles.